The van der Waals surface area contributed by atoms with E-state index < -0.39 is 0 Å². The fraction of sp³-hybridized carbons (Fsp3) is 0.368. The average Bonchev–Trinajstić information content (AvgIpc) is 2.67. The number of nitrogens with zero attached hydrogens (tertiary/aromatic N) is 3. The zero-order valence-electron chi connectivity index (χ0n) is 14.1. The third-order valence-corrected chi connectivity index (χ3v) is 4.56. The maximum Gasteiger partial charge on any atom is 0.260 e. The average molecular weight is 360 g/mol. The van der Waals surface area contributed by atoms with Gasteiger partial charge in [-0.05, 0) is 36.4 Å². The molecular weight excluding hydrogens is 338 g/mol. The molecule has 0 N–H and O–H groups in total. The van der Waals surface area contributed by atoms with Crippen LogP contribution in [0.4, 0.5) is 0 Å². The van der Waals surface area contributed by atoms with E-state index >= 15 is 0 Å². The maximum atomic E-state index is 12.3. The number of halogens is 1. The van der Waals surface area contributed by atoms with E-state index in [1.165, 1.54) is 0 Å². The molecule has 25 heavy (non-hydrogen) atoms. The number of rotatable bonds is 6. The second-order valence-corrected chi connectivity index (χ2v) is 6.47. The minimum Gasteiger partial charge on any atom is -0.484 e. The molecule has 1 aliphatic heterocycles. The Morgan fingerprint density at radius 1 is 1.08 bits per heavy atom. The van der Waals surface area contributed by atoms with E-state index in [9.17, 15) is 4.79 Å². The van der Waals surface area contributed by atoms with E-state index in [-0.39, 0.29) is 12.5 Å². The van der Waals surface area contributed by atoms with Crippen LogP contribution >= 0.6 is 11.6 Å². The number of pyridine rings is 1. The molecule has 0 atom stereocenters. The number of ether oxygens (including phenoxy) is 1. The Hall–Kier alpha value is -2.11. The number of aromatic nitrogens is 1. The van der Waals surface area contributed by atoms with Gasteiger partial charge < -0.3 is 9.64 Å². The highest BCUT2D eigenvalue weighted by Gasteiger charge is 2.21. The van der Waals surface area contributed by atoms with Crippen LogP contribution in [-0.4, -0.2) is 60.0 Å². The Balaban J connectivity index is 1.38. The first-order chi connectivity index (χ1) is 12.2. The van der Waals surface area contributed by atoms with Gasteiger partial charge in [0.05, 0.1) is 0 Å². The van der Waals surface area contributed by atoms with E-state index in [0.29, 0.717) is 10.8 Å². The summed E-state index contributed by atoms with van der Waals surface area (Å²) in [6, 6.07) is 13.0. The Kier molecular flexibility index (Phi) is 6.25. The van der Waals surface area contributed by atoms with Gasteiger partial charge in [-0.3, -0.25) is 14.7 Å². The van der Waals surface area contributed by atoms with Crippen LogP contribution in [0.25, 0.3) is 0 Å². The molecule has 1 saturated heterocycles. The van der Waals surface area contributed by atoms with Crippen LogP contribution in [0.15, 0.2) is 48.7 Å². The fourth-order valence-electron chi connectivity index (χ4n) is 2.81. The zero-order chi connectivity index (χ0) is 17.5. The van der Waals surface area contributed by atoms with Gasteiger partial charge in [-0.25, -0.2) is 0 Å². The van der Waals surface area contributed by atoms with Crippen molar-refractivity contribution in [2.24, 2.45) is 0 Å². The molecule has 132 valence electrons. The van der Waals surface area contributed by atoms with Gasteiger partial charge in [0.2, 0.25) is 0 Å². The number of piperazine rings is 1. The largest absolute Gasteiger partial charge is 0.484 e. The van der Waals surface area contributed by atoms with Crippen molar-refractivity contribution in [1.29, 1.82) is 0 Å². The summed E-state index contributed by atoms with van der Waals surface area (Å²) in [4.78, 5) is 20.9. The van der Waals surface area contributed by atoms with E-state index in [4.69, 9.17) is 16.3 Å². The van der Waals surface area contributed by atoms with Crippen LogP contribution in [0.1, 0.15) is 5.69 Å². The summed E-state index contributed by atoms with van der Waals surface area (Å²) < 4.78 is 5.54. The van der Waals surface area contributed by atoms with Crippen molar-refractivity contribution in [3.8, 4) is 5.75 Å². The third kappa shape index (κ3) is 5.44. The highest BCUT2D eigenvalue weighted by molar-refractivity contribution is 6.30. The SMILES string of the molecule is O=C(COc1ccc(Cl)cc1)N1CCN(CCc2ccccn2)CC1. The van der Waals surface area contributed by atoms with E-state index in [1.807, 2.05) is 29.3 Å². The number of carbonyl (C=O) groups is 1. The van der Waals surface area contributed by atoms with E-state index in [0.717, 1.165) is 44.8 Å². The quantitative estimate of drug-likeness (QED) is 0.795. The summed E-state index contributed by atoms with van der Waals surface area (Å²) >= 11 is 5.84. The second-order valence-electron chi connectivity index (χ2n) is 6.04. The summed E-state index contributed by atoms with van der Waals surface area (Å²) in [5.41, 5.74) is 1.11. The predicted octanol–water partition coefficient (Wildman–Crippen LogP) is 2.50. The van der Waals surface area contributed by atoms with Crippen LogP contribution in [-0.2, 0) is 11.2 Å². The Labute approximate surface area is 153 Å². The van der Waals surface area contributed by atoms with Crippen molar-refractivity contribution >= 4 is 17.5 Å². The monoisotopic (exact) mass is 359 g/mol. The molecule has 0 unspecified atom stereocenters. The van der Waals surface area contributed by atoms with Crippen LogP contribution in [0.5, 0.6) is 5.75 Å². The van der Waals surface area contributed by atoms with Gasteiger partial charge in [0.15, 0.2) is 6.61 Å². The van der Waals surface area contributed by atoms with Crippen molar-refractivity contribution in [3.05, 3.63) is 59.4 Å². The van der Waals surface area contributed by atoms with Crippen LogP contribution in [0.2, 0.25) is 5.02 Å². The van der Waals surface area contributed by atoms with Gasteiger partial charge in [0, 0.05) is 56.1 Å². The highest BCUT2D eigenvalue weighted by Crippen LogP contribution is 2.15. The third-order valence-electron chi connectivity index (χ3n) is 4.31. The van der Waals surface area contributed by atoms with Crippen molar-refractivity contribution in [1.82, 2.24) is 14.8 Å². The van der Waals surface area contributed by atoms with Crippen LogP contribution in [0, 0.1) is 0 Å². The standard InChI is InChI=1S/C19H22ClN3O2/c20-16-4-6-18(7-5-16)25-15-19(24)23-13-11-22(12-14-23)10-8-17-3-1-2-9-21-17/h1-7,9H,8,10-15H2. The molecule has 0 aliphatic carbocycles. The van der Waals surface area contributed by atoms with Crippen molar-refractivity contribution < 1.29 is 9.53 Å². The molecule has 1 aromatic carbocycles. The van der Waals surface area contributed by atoms with Gasteiger partial charge in [0.25, 0.3) is 5.91 Å². The van der Waals surface area contributed by atoms with Crippen molar-refractivity contribution in [2.75, 3.05) is 39.3 Å². The normalized spacial score (nSPS) is 15.2. The molecule has 2 aromatic rings. The first-order valence-electron chi connectivity index (χ1n) is 8.49. The number of carbonyl (C=O) groups excluding carboxylic acids is 1. The molecule has 0 saturated carbocycles. The molecule has 1 aromatic heterocycles. The lowest BCUT2D eigenvalue weighted by molar-refractivity contribution is -0.135. The van der Waals surface area contributed by atoms with Crippen molar-refractivity contribution in [2.45, 2.75) is 6.42 Å². The molecule has 0 bridgehead atoms. The van der Waals surface area contributed by atoms with Crippen LogP contribution < -0.4 is 4.74 Å². The first-order valence-corrected chi connectivity index (χ1v) is 8.87. The molecule has 5 nitrogen and oxygen atoms in total. The number of benzene rings is 1. The molecule has 0 spiro atoms. The van der Waals surface area contributed by atoms with Gasteiger partial charge in [-0.2, -0.15) is 0 Å². The lowest BCUT2D eigenvalue weighted by atomic mass is 10.2. The molecule has 6 heteroatoms. The number of amides is 1. The van der Waals surface area contributed by atoms with Gasteiger partial charge in [-0.1, -0.05) is 17.7 Å². The topological polar surface area (TPSA) is 45.7 Å². The Bertz CT molecular complexity index is 671. The molecule has 1 amide bonds. The summed E-state index contributed by atoms with van der Waals surface area (Å²) in [5, 5.41) is 0.653. The number of hydrogen-bond donors (Lipinski definition) is 0. The molecular formula is C19H22ClN3O2. The minimum atomic E-state index is 0.0272. The lowest BCUT2D eigenvalue weighted by Crippen LogP contribution is -2.50. The molecule has 1 aliphatic rings. The Morgan fingerprint density at radius 3 is 2.52 bits per heavy atom. The van der Waals surface area contributed by atoms with Gasteiger partial charge in [0.1, 0.15) is 5.75 Å². The van der Waals surface area contributed by atoms with E-state index in [2.05, 4.69) is 9.88 Å². The molecule has 3 rings (SSSR count). The smallest absolute Gasteiger partial charge is 0.260 e. The number of hydrogen-bond acceptors (Lipinski definition) is 4. The summed E-state index contributed by atoms with van der Waals surface area (Å²) in [6.45, 7) is 4.30. The predicted molar refractivity (Wildman–Crippen MR) is 97.9 cm³/mol. The lowest BCUT2D eigenvalue weighted by Gasteiger charge is -2.34. The summed E-state index contributed by atoms with van der Waals surface area (Å²) in [7, 11) is 0. The molecule has 1 fully saturated rings. The van der Waals surface area contributed by atoms with Crippen LogP contribution in [0.3, 0.4) is 0 Å². The maximum absolute atomic E-state index is 12.3. The van der Waals surface area contributed by atoms with Crippen molar-refractivity contribution in [3.63, 3.8) is 0 Å². The van der Waals surface area contributed by atoms with Gasteiger partial charge in [-0.15, -0.1) is 0 Å². The minimum absolute atomic E-state index is 0.0272. The second kappa shape index (κ2) is 8.83. The Morgan fingerprint density at radius 2 is 1.84 bits per heavy atom. The molecule has 2 heterocycles. The van der Waals surface area contributed by atoms with E-state index in [1.54, 1.807) is 24.3 Å². The zero-order valence-corrected chi connectivity index (χ0v) is 14.9. The van der Waals surface area contributed by atoms with Gasteiger partial charge >= 0.3 is 0 Å². The first kappa shape index (κ1) is 17.7. The molecule has 0 radical (unpaired) electrons. The highest BCUT2D eigenvalue weighted by atomic mass is 35.5. The summed E-state index contributed by atoms with van der Waals surface area (Å²) in [6.07, 6.45) is 2.76. The summed E-state index contributed by atoms with van der Waals surface area (Å²) in [5.74, 6) is 0.686. The fourth-order valence-corrected chi connectivity index (χ4v) is 2.93.